The molecule has 90 valence electrons. The Morgan fingerprint density at radius 1 is 1.35 bits per heavy atom. The molecule has 0 fully saturated rings. The lowest BCUT2D eigenvalue weighted by atomic mass is 10.0. The summed E-state index contributed by atoms with van der Waals surface area (Å²) in [7, 11) is 0. The SMILES string of the molecule is Cc1ccc(C(NN)c2csnn2)c(F)c1F. The molecule has 2 rings (SSSR count). The largest absolute Gasteiger partial charge is 0.271 e. The molecule has 7 heteroatoms. The van der Waals surface area contributed by atoms with Crippen LogP contribution >= 0.6 is 11.5 Å². The number of nitrogens with two attached hydrogens (primary N) is 1. The maximum atomic E-state index is 13.8. The van der Waals surface area contributed by atoms with Gasteiger partial charge in [-0.25, -0.2) is 14.2 Å². The van der Waals surface area contributed by atoms with E-state index in [2.05, 4.69) is 15.0 Å². The third-order valence-corrected chi connectivity index (χ3v) is 2.98. The molecule has 0 bridgehead atoms. The molecule has 0 saturated heterocycles. The number of rotatable bonds is 3. The second-order valence-electron chi connectivity index (χ2n) is 3.53. The van der Waals surface area contributed by atoms with Gasteiger partial charge in [-0.2, -0.15) is 0 Å². The van der Waals surface area contributed by atoms with E-state index in [9.17, 15) is 8.78 Å². The highest BCUT2D eigenvalue weighted by molar-refractivity contribution is 7.03. The fourth-order valence-electron chi connectivity index (χ4n) is 1.52. The summed E-state index contributed by atoms with van der Waals surface area (Å²) < 4.78 is 30.9. The van der Waals surface area contributed by atoms with Crippen LogP contribution in [0.25, 0.3) is 0 Å². The Morgan fingerprint density at radius 3 is 2.71 bits per heavy atom. The molecule has 1 heterocycles. The molecule has 0 amide bonds. The molecule has 17 heavy (non-hydrogen) atoms. The van der Waals surface area contributed by atoms with Crippen molar-refractivity contribution < 1.29 is 8.78 Å². The van der Waals surface area contributed by atoms with Crippen molar-refractivity contribution in [1.82, 2.24) is 15.0 Å². The quantitative estimate of drug-likeness (QED) is 0.648. The van der Waals surface area contributed by atoms with E-state index < -0.39 is 17.7 Å². The van der Waals surface area contributed by atoms with Gasteiger partial charge in [0, 0.05) is 10.9 Å². The lowest BCUT2D eigenvalue weighted by Gasteiger charge is -2.15. The van der Waals surface area contributed by atoms with Crippen LogP contribution in [-0.2, 0) is 0 Å². The van der Waals surface area contributed by atoms with Gasteiger partial charge in [0.05, 0.1) is 11.7 Å². The zero-order valence-electron chi connectivity index (χ0n) is 8.95. The first kappa shape index (κ1) is 12.0. The van der Waals surface area contributed by atoms with Crippen molar-refractivity contribution >= 4 is 11.5 Å². The third kappa shape index (κ3) is 2.17. The zero-order chi connectivity index (χ0) is 12.4. The van der Waals surface area contributed by atoms with Crippen molar-refractivity contribution in [2.24, 2.45) is 5.84 Å². The summed E-state index contributed by atoms with van der Waals surface area (Å²) in [5, 5.41) is 5.42. The summed E-state index contributed by atoms with van der Waals surface area (Å²) in [6.45, 7) is 1.50. The second-order valence-corrected chi connectivity index (χ2v) is 4.14. The van der Waals surface area contributed by atoms with Gasteiger partial charge in [-0.1, -0.05) is 16.6 Å². The number of aromatic nitrogens is 2. The van der Waals surface area contributed by atoms with Gasteiger partial charge in [-0.15, -0.1) is 5.10 Å². The first-order valence-electron chi connectivity index (χ1n) is 4.82. The molecule has 1 atom stereocenters. The zero-order valence-corrected chi connectivity index (χ0v) is 9.76. The van der Waals surface area contributed by atoms with E-state index in [1.165, 1.54) is 19.1 Å². The number of hydrogen-bond acceptors (Lipinski definition) is 5. The highest BCUT2D eigenvalue weighted by Gasteiger charge is 2.21. The molecule has 2 aromatic rings. The van der Waals surface area contributed by atoms with Crippen LogP contribution in [0.2, 0.25) is 0 Å². The molecule has 1 aromatic carbocycles. The number of hydrazine groups is 1. The van der Waals surface area contributed by atoms with Crippen molar-refractivity contribution in [2.75, 3.05) is 0 Å². The Hall–Kier alpha value is -1.44. The summed E-state index contributed by atoms with van der Waals surface area (Å²) in [6, 6.07) is 2.28. The fourth-order valence-corrected chi connectivity index (χ4v) is 2.00. The van der Waals surface area contributed by atoms with Gasteiger partial charge < -0.3 is 0 Å². The van der Waals surface area contributed by atoms with Crippen LogP contribution in [0.1, 0.15) is 22.9 Å². The van der Waals surface area contributed by atoms with Crippen LogP contribution in [0.5, 0.6) is 0 Å². The Morgan fingerprint density at radius 2 is 2.12 bits per heavy atom. The normalized spacial score (nSPS) is 12.7. The van der Waals surface area contributed by atoms with Gasteiger partial charge in [0.15, 0.2) is 11.6 Å². The molecule has 1 unspecified atom stereocenters. The molecule has 0 spiro atoms. The van der Waals surface area contributed by atoms with Crippen molar-refractivity contribution in [1.29, 1.82) is 0 Å². The van der Waals surface area contributed by atoms with E-state index in [1.807, 2.05) is 0 Å². The summed E-state index contributed by atoms with van der Waals surface area (Å²) in [6.07, 6.45) is 0. The van der Waals surface area contributed by atoms with E-state index in [4.69, 9.17) is 5.84 Å². The number of nitrogens with one attached hydrogen (secondary N) is 1. The minimum atomic E-state index is -0.916. The van der Waals surface area contributed by atoms with E-state index in [-0.39, 0.29) is 11.1 Å². The van der Waals surface area contributed by atoms with Crippen LogP contribution in [0, 0.1) is 18.6 Å². The van der Waals surface area contributed by atoms with Gasteiger partial charge in [0.2, 0.25) is 0 Å². The van der Waals surface area contributed by atoms with Crippen molar-refractivity contribution in [3.63, 3.8) is 0 Å². The molecular formula is C10H10F2N4S. The Balaban J connectivity index is 2.49. The summed E-state index contributed by atoms with van der Waals surface area (Å²) in [5.41, 5.74) is 3.23. The summed E-state index contributed by atoms with van der Waals surface area (Å²) in [5.74, 6) is 3.57. The Bertz CT molecular complexity index is 515. The number of hydrogen-bond donors (Lipinski definition) is 2. The van der Waals surface area contributed by atoms with Gasteiger partial charge in [-0.3, -0.25) is 5.84 Å². The third-order valence-electron chi connectivity index (χ3n) is 2.46. The maximum Gasteiger partial charge on any atom is 0.164 e. The topological polar surface area (TPSA) is 63.8 Å². The van der Waals surface area contributed by atoms with Crippen LogP contribution in [0.3, 0.4) is 0 Å². The standard InChI is InChI=1S/C10H10F2N4S/c1-5-2-3-6(9(12)8(5)11)10(14-13)7-4-17-16-15-7/h2-4,10,14H,13H2,1H3. The average Bonchev–Trinajstić information content (AvgIpc) is 2.84. The molecule has 0 aliphatic carbocycles. The van der Waals surface area contributed by atoms with E-state index in [0.29, 0.717) is 5.69 Å². The monoisotopic (exact) mass is 256 g/mol. The molecule has 4 nitrogen and oxygen atoms in total. The summed E-state index contributed by atoms with van der Waals surface area (Å²) >= 11 is 1.12. The summed E-state index contributed by atoms with van der Waals surface area (Å²) in [4.78, 5) is 0. The number of benzene rings is 1. The van der Waals surface area contributed by atoms with Crippen molar-refractivity contribution in [3.05, 3.63) is 46.0 Å². The first-order chi connectivity index (χ1) is 8.15. The molecular weight excluding hydrogens is 246 g/mol. The fraction of sp³-hybridized carbons (Fsp3) is 0.200. The first-order valence-corrected chi connectivity index (χ1v) is 5.66. The van der Waals surface area contributed by atoms with Crippen molar-refractivity contribution in [3.8, 4) is 0 Å². The molecule has 3 N–H and O–H groups in total. The average molecular weight is 256 g/mol. The predicted molar refractivity (Wildman–Crippen MR) is 60.2 cm³/mol. The smallest absolute Gasteiger partial charge is 0.164 e. The number of nitrogens with zero attached hydrogens (tertiary/aromatic N) is 2. The lowest BCUT2D eigenvalue weighted by Crippen LogP contribution is -2.30. The molecule has 1 aromatic heterocycles. The van der Waals surface area contributed by atoms with E-state index >= 15 is 0 Å². The second kappa shape index (κ2) is 4.82. The minimum Gasteiger partial charge on any atom is -0.271 e. The van der Waals surface area contributed by atoms with E-state index in [0.717, 1.165) is 11.5 Å². The van der Waals surface area contributed by atoms with Crippen LogP contribution < -0.4 is 11.3 Å². The van der Waals surface area contributed by atoms with Gasteiger partial charge in [-0.05, 0) is 24.0 Å². The Labute approximate surface area is 101 Å². The Kier molecular flexibility index (Phi) is 3.41. The molecule has 0 aliphatic heterocycles. The van der Waals surface area contributed by atoms with Crippen LogP contribution in [-0.4, -0.2) is 9.59 Å². The van der Waals surface area contributed by atoms with Crippen molar-refractivity contribution in [2.45, 2.75) is 13.0 Å². The predicted octanol–water partition coefficient (Wildman–Crippen LogP) is 1.68. The molecule has 0 radical (unpaired) electrons. The highest BCUT2D eigenvalue weighted by atomic mass is 32.1. The highest BCUT2D eigenvalue weighted by Crippen LogP contribution is 2.25. The minimum absolute atomic E-state index is 0.114. The number of halogens is 2. The van der Waals surface area contributed by atoms with Crippen LogP contribution in [0.15, 0.2) is 17.5 Å². The number of aryl methyl sites for hydroxylation is 1. The van der Waals surface area contributed by atoms with Gasteiger partial charge >= 0.3 is 0 Å². The van der Waals surface area contributed by atoms with Gasteiger partial charge in [0.1, 0.15) is 0 Å². The van der Waals surface area contributed by atoms with Crippen LogP contribution in [0.4, 0.5) is 8.78 Å². The molecule has 0 saturated carbocycles. The molecule has 0 aliphatic rings. The van der Waals surface area contributed by atoms with Gasteiger partial charge in [0.25, 0.3) is 0 Å². The van der Waals surface area contributed by atoms with E-state index in [1.54, 1.807) is 5.38 Å². The lowest BCUT2D eigenvalue weighted by molar-refractivity contribution is 0.476. The maximum absolute atomic E-state index is 13.8.